The molecule has 1 unspecified atom stereocenters. The first-order valence-corrected chi connectivity index (χ1v) is 4.31. The molecule has 0 heterocycles. The van der Waals surface area contributed by atoms with Crippen LogP contribution in [0.15, 0.2) is 30.3 Å². The molecule has 0 fully saturated rings. The van der Waals surface area contributed by atoms with Gasteiger partial charge >= 0.3 is 0 Å². The van der Waals surface area contributed by atoms with E-state index in [-0.39, 0.29) is 5.05 Å². The maximum Gasteiger partial charge on any atom is 0.182 e. The molecular weight excluding hydrogens is 192 g/mol. The van der Waals surface area contributed by atoms with Crippen LogP contribution in [0.25, 0.3) is 0 Å². The molecule has 1 aromatic rings. The highest BCUT2D eigenvalue weighted by Crippen LogP contribution is 2.29. The van der Waals surface area contributed by atoms with Crippen LogP contribution in [0.4, 0.5) is 0 Å². The fraction of sp³-hybridized carbons (Fsp3) is 0.222. The van der Waals surface area contributed by atoms with Gasteiger partial charge in [-0.2, -0.15) is 0 Å². The lowest BCUT2D eigenvalue weighted by Gasteiger charge is -2.18. The summed E-state index contributed by atoms with van der Waals surface area (Å²) in [5.74, 6) is 0. The summed E-state index contributed by atoms with van der Waals surface area (Å²) in [6.45, 7) is 1.67. The SMILES string of the molecule is CC(Cl)(C(O)=S)c1ccccc1. The number of halogens is 1. The number of aliphatic hydroxyl groups is 1. The molecule has 0 bridgehead atoms. The van der Waals surface area contributed by atoms with Crippen LogP contribution in [-0.4, -0.2) is 10.2 Å². The van der Waals surface area contributed by atoms with Gasteiger partial charge in [0.1, 0.15) is 4.87 Å². The van der Waals surface area contributed by atoms with Gasteiger partial charge < -0.3 is 5.11 Å². The van der Waals surface area contributed by atoms with Gasteiger partial charge in [-0.05, 0) is 24.7 Å². The van der Waals surface area contributed by atoms with Crippen molar-refractivity contribution in [3.63, 3.8) is 0 Å². The summed E-state index contributed by atoms with van der Waals surface area (Å²) >= 11 is 10.6. The predicted molar refractivity (Wildman–Crippen MR) is 54.9 cm³/mol. The van der Waals surface area contributed by atoms with E-state index in [9.17, 15) is 0 Å². The highest BCUT2D eigenvalue weighted by molar-refractivity contribution is 7.80. The van der Waals surface area contributed by atoms with Crippen LogP contribution < -0.4 is 0 Å². The normalized spacial score (nSPS) is 15.2. The summed E-state index contributed by atoms with van der Waals surface area (Å²) in [6, 6.07) is 9.25. The Labute approximate surface area is 82.0 Å². The van der Waals surface area contributed by atoms with Crippen molar-refractivity contribution < 1.29 is 5.11 Å². The number of alkyl halides is 1. The Morgan fingerprint density at radius 3 is 2.33 bits per heavy atom. The smallest absolute Gasteiger partial charge is 0.182 e. The first kappa shape index (κ1) is 9.49. The van der Waals surface area contributed by atoms with Gasteiger partial charge in [-0.15, -0.1) is 11.6 Å². The minimum absolute atomic E-state index is 0.199. The lowest BCUT2D eigenvalue weighted by Crippen LogP contribution is -2.23. The molecule has 64 valence electrons. The van der Waals surface area contributed by atoms with Crippen LogP contribution in [0.5, 0.6) is 0 Å². The molecule has 1 N–H and O–H groups in total. The Kier molecular flexibility index (Phi) is 2.70. The van der Waals surface area contributed by atoms with Crippen molar-refractivity contribution in [2.45, 2.75) is 11.8 Å². The van der Waals surface area contributed by atoms with Gasteiger partial charge in [0.25, 0.3) is 0 Å². The molecule has 0 aromatic heterocycles. The fourth-order valence-corrected chi connectivity index (χ4v) is 1.12. The molecule has 0 aliphatic rings. The van der Waals surface area contributed by atoms with Crippen molar-refractivity contribution in [1.29, 1.82) is 0 Å². The highest BCUT2D eigenvalue weighted by atomic mass is 35.5. The zero-order valence-corrected chi connectivity index (χ0v) is 8.19. The van der Waals surface area contributed by atoms with Gasteiger partial charge in [0.15, 0.2) is 5.05 Å². The summed E-state index contributed by atoms with van der Waals surface area (Å²) in [4.78, 5) is -0.948. The van der Waals surface area contributed by atoms with Crippen molar-refractivity contribution in [3.8, 4) is 0 Å². The molecule has 1 atom stereocenters. The first-order chi connectivity index (χ1) is 5.55. The zero-order chi connectivity index (χ0) is 9.19. The van der Waals surface area contributed by atoms with E-state index >= 15 is 0 Å². The van der Waals surface area contributed by atoms with E-state index in [2.05, 4.69) is 12.2 Å². The molecule has 0 saturated carbocycles. The molecule has 0 spiro atoms. The van der Waals surface area contributed by atoms with Crippen molar-refractivity contribution in [3.05, 3.63) is 35.9 Å². The van der Waals surface area contributed by atoms with Crippen molar-refractivity contribution >= 4 is 28.9 Å². The van der Waals surface area contributed by atoms with Gasteiger partial charge in [-0.1, -0.05) is 30.3 Å². The summed E-state index contributed by atoms with van der Waals surface area (Å²) in [5.41, 5.74) is 0.805. The summed E-state index contributed by atoms with van der Waals surface area (Å²) in [5, 5.41) is 8.93. The third-order valence-corrected chi connectivity index (χ3v) is 2.64. The Bertz CT molecular complexity index is 282. The monoisotopic (exact) mass is 200 g/mol. The van der Waals surface area contributed by atoms with Gasteiger partial charge in [0, 0.05) is 0 Å². The summed E-state index contributed by atoms with van der Waals surface area (Å²) in [7, 11) is 0. The molecule has 0 aliphatic heterocycles. The molecule has 1 nitrogen and oxygen atoms in total. The molecule has 1 rings (SSSR count). The average molecular weight is 201 g/mol. The lowest BCUT2D eigenvalue weighted by molar-refractivity contribution is 0.526. The number of rotatable bonds is 2. The predicted octanol–water partition coefficient (Wildman–Crippen LogP) is 3.03. The fourth-order valence-electron chi connectivity index (χ4n) is 0.875. The molecule has 3 heteroatoms. The Balaban J connectivity index is 3.06. The number of hydrogen-bond donors (Lipinski definition) is 1. The van der Waals surface area contributed by atoms with Gasteiger partial charge in [-0.3, -0.25) is 0 Å². The highest BCUT2D eigenvalue weighted by Gasteiger charge is 2.28. The molecule has 1 aromatic carbocycles. The van der Waals surface area contributed by atoms with Crippen molar-refractivity contribution in [2.75, 3.05) is 0 Å². The van der Waals surface area contributed by atoms with E-state index in [1.54, 1.807) is 6.92 Å². The van der Waals surface area contributed by atoms with Gasteiger partial charge in [0.2, 0.25) is 0 Å². The van der Waals surface area contributed by atoms with E-state index in [0.717, 1.165) is 5.56 Å². The quantitative estimate of drug-likeness (QED) is 0.585. The molecule has 0 aliphatic carbocycles. The van der Waals surface area contributed by atoms with Crippen LogP contribution in [0.1, 0.15) is 12.5 Å². The maximum absolute atomic E-state index is 9.13. The second kappa shape index (κ2) is 3.42. The van der Waals surface area contributed by atoms with E-state index in [4.69, 9.17) is 16.7 Å². The molecule has 0 amide bonds. The third kappa shape index (κ3) is 1.76. The minimum atomic E-state index is -0.948. The average Bonchev–Trinajstić information content (AvgIpc) is 2.06. The zero-order valence-electron chi connectivity index (χ0n) is 6.62. The van der Waals surface area contributed by atoms with E-state index in [1.165, 1.54) is 0 Å². The van der Waals surface area contributed by atoms with E-state index < -0.39 is 4.87 Å². The largest absolute Gasteiger partial charge is 0.500 e. The summed E-state index contributed by atoms with van der Waals surface area (Å²) in [6.07, 6.45) is 0. The van der Waals surface area contributed by atoms with Crippen LogP contribution in [0.3, 0.4) is 0 Å². The maximum atomic E-state index is 9.13. The minimum Gasteiger partial charge on any atom is -0.500 e. The summed E-state index contributed by atoms with van der Waals surface area (Å²) < 4.78 is 0. The van der Waals surface area contributed by atoms with E-state index in [0.29, 0.717) is 0 Å². The van der Waals surface area contributed by atoms with Crippen LogP contribution in [-0.2, 0) is 4.87 Å². The third-order valence-electron chi connectivity index (χ3n) is 1.72. The van der Waals surface area contributed by atoms with Gasteiger partial charge in [-0.25, -0.2) is 0 Å². The van der Waals surface area contributed by atoms with Crippen molar-refractivity contribution in [1.82, 2.24) is 0 Å². The molecule has 12 heavy (non-hydrogen) atoms. The standard InChI is InChI=1S/C9H9ClOS/c1-9(10,8(11)12)7-5-3-2-4-6-7/h2-6H,1H3,(H,11,12). The van der Waals surface area contributed by atoms with Crippen molar-refractivity contribution in [2.24, 2.45) is 0 Å². The number of hydrogen-bond acceptors (Lipinski definition) is 1. The Morgan fingerprint density at radius 2 is 1.92 bits per heavy atom. The number of benzene rings is 1. The van der Waals surface area contributed by atoms with Crippen LogP contribution in [0, 0.1) is 0 Å². The second-order valence-electron chi connectivity index (χ2n) is 2.67. The molecular formula is C9H9ClOS. The topological polar surface area (TPSA) is 20.2 Å². The lowest BCUT2D eigenvalue weighted by atomic mass is 10.0. The Morgan fingerprint density at radius 1 is 1.42 bits per heavy atom. The van der Waals surface area contributed by atoms with E-state index in [1.807, 2.05) is 30.3 Å². The first-order valence-electron chi connectivity index (χ1n) is 3.53. The number of aliphatic hydroxyl groups excluding tert-OH is 1. The van der Waals surface area contributed by atoms with Crippen LogP contribution in [0.2, 0.25) is 0 Å². The number of thiocarbonyl (C=S) groups is 1. The molecule has 0 saturated heterocycles. The van der Waals surface area contributed by atoms with Gasteiger partial charge in [0.05, 0.1) is 0 Å². The molecule has 0 radical (unpaired) electrons. The van der Waals surface area contributed by atoms with Crippen LogP contribution >= 0.6 is 23.8 Å². The second-order valence-corrected chi connectivity index (χ2v) is 3.82. The Hall–Kier alpha value is -0.600.